The molecule has 0 aliphatic carbocycles. The van der Waals surface area contributed by atoms with Crippen molar-refractivity contribution in [3.63, 3.8) is 0 Å². The van der Waals surface area contributed by atoms with E-state index in [-0.39, 0.29) is 11.8 Å². The molecule has 1 amide bonds. The van der Waals surface area contributed by atoms with Crippen molar-refractivity contribution in [3.05, 3.63) is 65.2 Å². The van der Waals surface area contributed by atoms with Gasteiger partial charge in [-0.3, -0.25) is 4.79 Å². The average Bonchev–Trinajstić information content (AvgIpc) is 2.66. The second-order valence-electron chi connectivity index (χ2n) is 7.09. The molecule has 0 radical (unpaired) electrons. The molecule has 2 heterocycles. The Morgan fingerprint density at radius 1 is 1.16 bits per heavy atom. The lowest BCUT2D eigenvalue weighted by molar-refractivity contribution is -0.122. The predicted molar refractivity (Wildman–Crippen MR) is 101 cm³/mol. The monoisotopic (exact) mass is 335 g/mol. The zero-order valence-corrected chi connectivity index (χ0v) is 14.7. The third-order valence-electron chi connectivity index (χ3n) is 5.52. The SMILES string of the molecule is CN1CCC(C(=O)NCC2CNCc3ccccc32)c2ccccc21. The number of nitrogens with zero attached hydrogens (tertiary/aromatic N) is 1. The molecule has 4 nitrogen and oxygen atoms in total. The molecule has 25 heavy (non-hydrogen) atoms. The summed E-state index contributed by atoms with van der Waals surface area (Å²) in [6.07, 6.45) is 0.874. The van der Waals surface area contributed by atoms with E-state index in [9.17, 15) is 4.79 Å². The molecule has 0 fully saturated rings. The molecule has 130 valence electrons. The summed E-state index contributed by atoms with van der Waals surface area (Å²) in [5.74, 6) is 0.457. The Kier molecular flexibility index (Phi) is 4.45. The van der Waals surface area contributed by atoms with Crippen LogP contribution in [0, 0.1) is 0 Å². The highest BCUT2D eigenvalue weighted by Crippen LogP contribution is 2.34. The van der Waals surface area contributed by atoms with Crippen molar-refractivity contribution in [1.82, 2.24) is 10.6 Å². The quantitative estimate of drug-likeness (QED) is 0.906. The van der Waals surface area contributed by atoms with Crippen molar-refractivity contribution in [2.45, 2.75) is 24.8 Å². The van der Waals surface area contributed by atoms with Gasteiger partial charge in [0.2, 0.25) is 5.91 Å². The van der Waals surface area contributed by atoms with Crippen LogP contribution < -0.4 is 15.5 Å². The minimum Gasteiger partial charge on any atom is -0.374 e. The number of amides is 1. The zero-order valence-electron chi connectivity index (χ0n) is 14.7. The van der Waals surface area contributed by atoms with Crippen molar-refractivity contribution in [3.8, 4) is 0 Å². The standard InChI is InChI=1S/C21H25N3O/c1-24-11-10-19(18-8-4-5-9-20(18)24)21(25)23-14-16-13-22-12-15-6-2-3-7-17(15)16/h2-9,16,19,22H,10-14H2,1H3,(H,23,25). The van der Waals surface area contributed by atoms with Crippen LogP contribution in [0.2, 0.25) is 0 Å². The zero-order chi connectivity index (χ0) is 17.2. The number of carbonyl (C=O) groups excluding carboxylic acids is 1. The fourth-order valence-corrected chi connectivity index (χ4v) is 4.11. The Balaban J connectivity index is 1.46. The van der Waals surface area contributed by atoms with Gasteiger partial charge in [-0.1, -0.05) is 42.5 Å². The molecule has 2 aliphatic heterocycles. The summed E-state index contributed by atoms with van der Waals surface area (Å²) in [7, 11) is 2.09. The summed E-state index contributed by atoms with van der Waals surface area (Å²) >= 11 is 0. The van der Waals surface area contributed by atoms with E-state index in [2.05, 4.69) is 59.0 Å². The van der Waals surface area contributed by atoms with Crippen LogP contribution in [0.3, 0.4) is 0 Å². The van der Waals surface area contributed by atoms with Gasteiger partial charge in [0.05, 0.1) is 5.92 Å². The molecule has 4 rings (SSSR count). The lowest BCUT2D eigenvalue weighted by atomic mass is 9.88. The Morgan fingerprint density at radius 3 is 2.80 bits per heavy atom. The number of hydrogen-bond donors (Lipinski definition) is 2. The molecular formula is C21H25N3O. The van der Waals surface area contributed by atoms with Gasteiger partial charge >= 0.3 is 0 Å². The highest BCUT2D eigenvalue weighted by molar-refractivity contribution is 5.86. The molecule has 0 bridgehead atoms. The summed E-state index contributed by atoms with van der Waals surface area (Å²) in [6, 6.07) is 16.8. The molecule has 2 atom stereocenters. The Morgan fingerprint density at radius 2 is 1.92 bits per heavy atom. The van der Waals surface area contributed by atoms with Gasteiger partial charge in [-0.15, -0.1) is 0 Å². The lowest BCUT2D eigenvalue weighted by Gasteiger charge is -2.33. The number of hydrogen-bond acceptors (Lipinski definition) is 3. The van der Waals surface area contributed by atoms with E-state index in [1.165, 1.54) is 16.8 Å². The predicted octanol–water partition coefficient (Wildman–Crippen LogP) is 2.61. The first-order chi connectivity index (χ1) is 12.2. The summed E-state index contributed by atoms with van der Waals surface area (Å²) in [5.41, 5.74) is 5.04. The van der Waals surface area contributed by atoms with E-state index in [1.807, 2.05) is 12.1 Å². The molecule has 2 N–H and O–H groups in total. The molecule has 4 heteroatoms. The third kappa shape index (κ3) is 3.14. The van der Waals surface area contributed by atoms with Gasteiger partial charge in [0, 0.05) is 44.8 Å². The molecule has 0 saturated heterocycles. The number of carbonyl (C=O) groups is 1. The molecule has 2 aliphatic rings. The van der Waals surface area contributed by atoms with Gasteiger partial charge in [-0.25, -0.2) is 0 Å². The minimum absolute atomic E-state index is 0.0424. The Hall–Kier alpha value is -2.33. The van der Waals surface area contributed by atoms with Crippen LogP contribution in [0.4, 0.5) is 5.69 Å². The Labute approximate surface area is 149 Å². The smallest absolute Gasteiger partial charge is 0.227 e. The summed E-state index contributed by atoms with van der Waals surface area (Å²) in [5, 5.41) is 6.68. The maximum absolute atomic E-state index is 12.9. The Bertz CT molecular complexity index is 773. The molecule has 2 aromatic carbocycles. The molecule has 2 aromatic rings. The number of fused-ring (bicyclic) bond motifs is 2. The third-order valence-corrected chi connectivity index (χ3v) is 5.52. The second-order valence-corrected chi connectivity index (χ2v) is 7.09. The van der Waals surface area contributed by atoms with Gasteiger partial charge in [-0.2, -0.15) is 0 Å². The van der Waals surface area contributed by atoms with Crippen molar-refractivity contribution in [2.24, 2.45) is 0 Å². The van der Waals surface area contributed by atoms with Crippen molar-refractivity contribution in [2.75, 3.05) is 31.6 Å². The van der Waals surface area contributed by atoms with Crippen molar-refractivity contribution < 1.29 is 4.79 Å². The number of rotatable bonds is 3. The number of nitrogens with one attached hydrogen (secondary N) is 2. The van der Waals surface area contributed by atoms with E-state index in [0.29, 0.717) is 12.5 Å². The number of para-hydroxylation sites is 1. The van der Waals surface area contributed by atoms with Gasteiger partial charge in [-0.05, 0) is 29.2 Å². The van der Waals surface area contributed by atoms with Crippen LogP contribution in [0.15, 0.2) is 48.5 Å². The topological polar surface area (TPSA) is 44.4 Å². The van der Waals surface area contributed by atoms with E-state index >= 15 is 0 Å². The van der Waals surface area contributed by atoms with Crippen LogP contribution in [-0.2, 0) is 11.3 Å². The average molecular weight is 335 g/mol. The largest absolute Gasteiger partial charge is 0.374 e. The maximum Gasteiger partial charge on any atom is 0.227 e. The van der Waals surface area contributed by atoms with Gasteiger partial charge < -0.3 is 15.5 Å². The molecular weight excluding hydrogens is 310 g/mol. The highest BCUT2D eigenvalue weighted by Gasteiger charge is 2.29. The number of anilines is 1. The molecule has 2 unspecified atom stereocenters. The van der Waals surface area contributed by atoms with Gasteiger partial charge in [0.15, 0.2) is 0 Å². The van der Waals surface area contributed by atoms with Crippen molar-refractivity contribution >= 4 is 11.6 Å². The van der Waals surface area contributed by atoms with Crippen LogP contribution in [0.25, 0.3) is 0 Å². The normalized spacial score (nSPS) is 22.0. The van der Waals surface area contributed by atoms with E-state index < -0.39 is 0 Å². The highest BCUT2D eigenvalue weighted by atomic mass is 16.1. The molecule has 0 saturated carbocycles. The first-order valence-electron chi connectivity index (χ1n) is 9.10. The fraction of sp³-hybridized carbons (Fsp3) is 0.381. The lowest BCUT2D eigenvalue weighted by Crippen LogP contribution is -2.40. The van der Waals surface area contributed by atoms with Gasteiger partial charge in [0.1, 0.15) is 0 Å². The van der Waals surface area contributed by atoms with Crippen molar-refractivity contribution in [1.29, 1.82) is 0 Å². The number of benzene rings is 2. The van der Waals surface area contributed by atoms with Gasteiger partial charge in [0.25, 0.3) is 0 Å². The second kappa shape index (κ2) is 6.89. The maximum atomic E-state index is 12.9. The van der Waals surface area contributed by atoms with Crippen LogP contribution in [-0.4, -0.2) is 32.6 Å². The molecule has 0 spiro atoms. The first kappa shape index (κ1) is 16.2. The summed E-state index contributed by atoms with van der Waals surface area (Å²) in [4.78, 5) is 15.1. The van der Waals surface area contributed by atoms with E-state index in [1.54, 1.807) is 0 Å². The van der Waals surface area contributed by atoms with Crippen LogP contribution >= 0.6 is 0 Å². The first-order valence-corrected chi connectivity index (χ1v) is 9.10. The van der Waals surface area contributed by atoms with E-state index in [0.717, 1.165) is 31.6 Å². The fourth-order valence-electron chi connectivity index (χ4n) is 4.11. The summed E-state index contributed by atoms with van der Waals surface area (Å²) in [6.45, 7) is 3.45. The van der Waals surface area contributed by atoms with E-state index in [4.69, 9.17) is 0 Å². The summed E-state index contributed by atoms with van der Waals surface area (Å²) < 4.78 is 0. The van der Waals surface area contributed by atoms with Crippen LogP contribution in [0.5, 0.6) is 0 Å². The minimum atomic E-state index is -0.0424. The van der Waals surface area contributed by atoms with Crippen LogP contribution in [0.1, 0.15) is 34.9 Å². The molecule has 0 aromatic heterocycles.